The topological polar surface area (TPSA) is 87.0 Å². The highest BCUT2D eigenvalue weighted by Gasteiger charge is 2.15. The minimum atomic E-state index is -0.0115. The Labute approximate surface area is 126 Å². The van der Waals surface area contributed by atoms with Crippen LogP contribution in [0.3, 0.4) is 0 Å². The van der Waals surface area contributed by atoms with E-state index < -0.39 is 0 Å². The minimum Gasteiger partial charge on any atom is -0.461 e. The summed E-state index contributed by atoms with van der Waals surface area (Å²) in [4.78, 5) is 14.9. The van der Waals surface area contributed by atoms with E-state index in [0.29, 0.717) is 36.8 Å². The van der Waals surface area contributed by atoms with Gasteiger partial charge in [-0.1, -0.05) is 13.8 Å². The lowest BCUT2D eigenvalue weighted by Crippen LogP contribution is -2.31. The largest absolute Gasteiger partial charge is 0.461 e. The summed E-state index contributed by atoms with van der Waals surface area (Å²) in [7, 11) is 1.75. The number of nitriles is 1. The number of rotatable bonds is 8. The third kappa shape index (κ3) is 5.81. The molecule has 0 aliphatic rings. The van der Waals surface area contributed by atoms with Crippen LogP contribution in [-0.4, -0.2) is 41.2 Å². The summed E-state index contributed by atoms with van der Waals surface area (Å²) < 4.78 is 5.56. The number of nitrogens with zero attached hydrogens (tertiary/aromatic N) is 5. The number of hydrogen-bond donors (Lipinski definition) is 1. The fourth-order valence-electron chi connectivity index (χ4n) is 1.76. The van der Waals surface area contributed by atoms with Gasteiger partial charge in [0.05, 0.1) is 18.6 Å². The molecule has 0 atom stereocenters. The van der Waals surface area contributed by atoms with Gasteiger partial charge in [-0.05, 0) is 19.8 Å². The van der Waals surface area contributed by atoms with Gasteiger partial charge in [0, 0.05) is 20.1 Å². The first kappa shape index (κ1) is 17.0. The van der Waals surface area contributed by atoms with Gasteiger partial charge >= 0.3 is 6.01 Å². The normalized spacial score (nSPS) is 10.6. The van der Waals surface area contributed by atoms with Gasteiger partial charge in [0.1, 0.15) is 0 Å². The van der Waals surface area contributed by atoms with Crippen molar-refractivity contribution < 1.29 is 4.74 Å². The van der Waals surface area contributed by atoms with Crippen LogP contribution in [-0.2, 0) is 0 Å². The molecule has 116 valence electrons. The van der Waals surface area contributed by atoms with Gasteiger partial charge in [-0.2, -0.15) is 20.2 Å². The molecule has 21 heavy (non-hydrogen) atoms. The van der Waals surface area contributed by atoms with Crippen molar-refractivity contribution in [3.05, 3.63) is 0 Å². The van der Waals surface area contributed by atoms with Crippen LogP contribution in [0.2, 0.25) is 0 Å². The predicted octanol–water partition coefficient (Wildman–Crippen LogP) is 2.08. The molecular weight excluding hydrogens is 268 g/mol. The molecule has 1 aromatic rings. The van der Waals surface area contributed by atoms with Gasteiger partial charge < -0.3 is 15.0 Å². The first-order chi connectivity index (χ1) is 9.96. The molecule has 0 aliphatic heterocycles. The molecule has 0 saturated heterocycles. The second-order valence-electron chi connectivity index (χ2n) is 5.41. The van der Waals surface area contributed by atoms with Crippen molar-refractivity contribution in [2.45, 2.75) is 40.2 Å². The van der Waals surface area contributed by atoms with Crippen molar-refractivity contribution in [2.75, 3.05) is 30.4 Å². The SMILES string of the molecule is CNc1nc(OC(C)C)nc(N(CCC#N)CC(C)C)n1. The van der Waals surface area contributed by atoms with Crippen LogP contribution >= 0.6 is 0 Å². The zero-order chi connectivity index (χ0) is 15.8. The van der Waals surface area contributed by atoms with E-state index in [2.05, 4.69) is 40.2 Å². The maximum absolute atomic E-state index is 8.80. The Balaban J connectivity index is 3.06. The molecule has 0 radical (unpaired) electrons. The van der Waals surface area contributed by atoms with E-state index in [9.17, 15) is 0 Å². The molecule has 0 unspecified atom stereocenters. The summed E-state index contributed by atoms with van der Waals surface area (Å²) in [6, 6.07) is 2.45. The van der Waals surface area contributed by atoms with E-state index in [-0.39, 0.29) is 6.10 Å². The third-order valence-electron chi connectivity index (χ3n) is 2.53. The Morgan fingerprint density at radius 2 is 1.95 bits per heavy atom. The second-order valence-corrected chi connectivity index (χ2v) is 5.41. The average molecular weight is 292 g/mol. The molecular formula is C14H24N6O. The van der Waals surface area contributed by atoms with Crippen molar-refractivity contribution >= 4 is 11.9 Å². The molecule has 0 saturated carbocycles. The molecule has 1 rings (SSSR count). The van der Waals surface area contributed by atoms with Crippen molar-refractivity contribution in [1.82, 2.24) is 15.0 Å². The summed E-state index contributed by atoms with van der Waals surface area (Å²) in [5.41, 5.74) is 0. The van der Waals surface area contributed by atoms with Crippen LogP contribution in [0.25, 0.3) is 0 Å². The highest BCUT2D eigenvalue weighted by atomic mass is 16.5. The Morgan fingerprint density at radius 1 is 1.24 bits per heavy atom. The van der Waals surface area contributed by atoms with Crippen molar-refractivity contribution in [2.24, 2.45) is 5.92 Å². The van der Waals surface area contributed by atoms with Gasteiger partial charge in [0.15, 0.2) is 0 Å². The molecule has 0 amide bonds. The van der Waals surface area contributed by atoms with E-state index >= 15 is 0 Å². The van der Waals surface area contributed by atoms with Gasteiger partial charge in [-0.25, -0.2) is 0 Å². The van der Waals surface area contributed by atoms with Crippen LogP contribution in [0.1, 0.15) is 34.1 Å². The van der Waals surface area contributed by atoms with E-state index in [1.54, 1.807) is 7.05 Å². The Kier molecular flexibility index (Phi) is 6.66. The number of nitrogens with one attached hydrogen (secondary N) is 1. The van der Waals surface area contributed by atoms with E-state index in [1.165, 1.54) is 0 Å². The molecule has 1 aromatic heterocycles. The molecule has 1 N–H and O–H groups in total. The van der Waals surface area contributed by atoms with E-state index in [0.717, 1.165) is 6.54 Å². The summed E-state index contributed by atoms with van der Waals surface area (Å²) >= 11 is 0. The van der Waals surface area contributed by atoms with Crippen molar-refractivity contribution in [3.8, 4) is 12.1 Å². The Hall–Kier alpha value is -2.10. The van der Waals surface area contributed by atoms with Crippen molar-refractivity contribution in [1.29, 1.82) is 5.26 Å². The quantitative estimate of drug-likeness (QED) is 0.784. The fraction of sp³-hybridized carbons (Fsp3) is 0.714. The number of hydrogen-bond acceptors (Lipinski definition) is 7. The number of ether oxygens (including phenoxy) is 1. The fourth-order valence-corrected chi connectivity index (χ4v) is 1.76. The molecule has 7 heteroatoms. The van der Waals surface area contributed by atoms with Crippen LogP contribution < -0.4 is 15.0 Å². The Morgan fingerprint density at radius 3 is 2.48 bits per heavy atom. The lowest BCUT2D eigenvalue weighted by molar-refractivity contribution is 0.222. The molecule has 0 aromatic carbocycles. The highest BCUT2D eigenvalue weighted by Crippen LogP contribution is 2.17. The number of aromatic nitrogens is 3. The maximum Gasteiger partial charge on any atom is 0.323 e. The lowest BCUT2D eigenvalue weighted by Gasteiger charge is -2.24. The summed E-state index contributed by atoms with van der Waals surface area (Å²) in [6.07, 6.45) is 0.413. The molecule has 0 fully saturated rings. The van der Waals surface area contributed by atoms with Gasteiger partial charge in [-0.15, -0.1) is 0 Å². The smallest absolute Gasteiger partial charge is 0.323 e. The molecule has 0 bridgehead atoms. The van der Waals surface area contributed by atoms with Gasteiger partial charge in [-0.3, -0.25) is 0 Å². The molecule has 1 heterocycles. The second kappa shape index (κ2) is 8.25. The first-order valence-electron chi connectivity index (χ1n) is 7.18. The Bertz CT molecular complexity index is 483. The van der Waals surface area contributed by atoms with Crippen molar-refractivity contribution in [3.63, 3.8) is 0 Å². The average Bonchev–Trinajstić information content (AvgIpc) is 2.41. The summed E-state index contributed by atoms with van der Waals surface area (Å²) in [5, 5.41) is 11.7. The summed E-state index contributed by atoms with van der Waals surface area (Å²) in [6.45, 7) is 9.43. The lowest BCUT2D eigenvalue weighted by atomic mass is 10.2. The third-order valence-corrected chi connectivity index (χ3v) is 2.53. The molecule has 0 spiro atoms. The minimum absolute atomic E-state index is 0.0115. The maximum atomic E-state index is 8.80. The summed E-state index contributed by atoms with van der Waals surface area (Å²) in [5.74, 6) is 1.43. The van der Waals surface area contributed by atoms with Gasteiger partial charge in [0.2, 0.25) is 11.9 Å². The van der Waals surface area contributed by atoms with Crippen LogP contribution in [0.15, 0.2) is 0 Å². The van der Waals surface area contributed by atoms with Crippen LogP contribution in [0.4, 0.5) is 11.9 Å². The first-order valence-corrected chi connectivity index (χ1v) is 7.18. The predicted molar refractivity (Wildman–Crippen MR) is 82.4 cm³/mol. The molecule has 0 aliphatic carbocycles. The molecule has 7 nitrogen and oxygen atoms in total. The van der Waals surface area contributed by atoms with E-state index in [1.807, 2.05) is 18.7 Å². The van der Waals surface area contributed by atoms with Crippen LogP contribution in [0, 0.1) is 17.2 Å². The monoisotopic (exact) mass is 292 g/mol. The van der Waals surface area contributed by atoms with Crippen LogP contribution in [0.5, 0.6) is 6.01 Å². The van der Waals surface area contributed by atoms with Gasteiger partial charge in [0.25, 0.3) is 0 Å². The standard InChI is InChI=1S/C14H24N6O/c1-10(2)9-20(8-6-7-15)13-17-12(16-5)18-14(19-13)21-11(3)4/h10-11H,6,8-9H2,1-5H3,(H,16,17,18,19). The number of anilines is 2. The van der Waals surface area contributed by atoms with E-state index in [4.69, 9.17) is 10.00 Å². The highest BCUT2D eigenvalue weighted by molar-refractivity contribution is 5.38. The zero-order valence-corrected chi connectivity index (χ0v) is 13.4. The zero-order valence-electron chi connectivity index (χ0n) is 13.4.